The molecule has 0 saturated heterocycles. The first-order valence-corrected chi connectivity index (χ1v) is 9.03. The number of hydrogen-bond acceptors (Lipinski definition) is 6. The zero-order valence-electron chi connectivity index (χ0n) is 14.8. The van der Waals surface area contributed by atoms with Crippen molar-refractivity contribution in [3.8, 4) is 0 Å². The number of fused-ring (bicyclic) bond motifs is 1. The van der Waals surface area contributed by atoms with Gasteiger partial charge in [-0.1, -0.05) is 36.6 Å². The molecule has 0 atom stereocenters. The Labute approximate surface area is 160 Å². The molecule has 1 aliphatic heterocycles. The lowest BCUT2D eigenvalue weighted by Gasteiger charge is -2.10. The highest BCUT2D eigenvalue weighted by molar-refractivity contribution is 8.06. The number of carbonyl (C=O) groups excluding carboxylic acids is 1. The maximum atomic E-state index is 14.1. The summed E-state index contributed by atoms with van der Waals surface area (Å²) in [5.41, 5.74) is 1.29. The van der Waals surface area contributed by atoms with Crippen molar-refractivity contribution in [3.05, 3.63) is 64.6 Å². The van der Waals surface area contributed by atoms with Gasteiger partial charge in [-0.15, -0.1) is 0 Å². The molecule has 0 unspecified atom stereocenters. The van der Waals surface area contributed by atoms with E-state index in [2.05, 4.69) is 33.6 Å². The molecular formula is C19H18FN5OS. The van der Waals surface area contributed by atoms with Gasteiger partial charge in [0.1, 0.15) is 11.3 Å². The number of hydrogen-bond donors (Lipinski definition) is 1. The molecular weight excluding hydrogens is 365 g/mol. The van der Waals surface area contributed by atoms with Gasteiger partial charge in [0.15, 0.2) is 5.95 Å². The Balaban J connectivity index is 2.03. The maximum absolute atomic E-state index is 14.1. The number of rotatable bonds is 7. The number of ketones is 1. The van der Waals surface area contributed by atoms with E-state index in [4.69, 9.17) is 0 Å². The predicted molar refractivity (Wildman–Crippen MR) is 109 cm³/mol. The average Bonchev–Trinajstić information content (AvgIpc) is 2.99. The van der Waals surface area contributed by atoms with E-state index in [1.54, 1.807) is 19.3 Å². The van der Waals surface area contributed by atoms with Crippen molar-refractivity contribution in [2.75, 3.05) is 11.9 Å². The lowest BCUT2D eigenvalue weighted by Crippen LogP contribution is -2.12. The predicted octanol–water partition coefficient (Wildman–Crippen LogP) is 4.01. The van der Waals surface area contributed by atoms with E-state index in [-0.39, 0.29) is 17.4 Å². The van der Waals surface area contributed by atoms with Gasteiger partial charge in [0.05, 0.1) is 10.3 Å². The Morgan fingerprint density at radius 1 is 1.52 bits per heavy atom. The molecule has 1 aliphatic rings. The van der Waals surface area contributed by atoms with Crippen LogP contribution in [0.5, 0.6) is 0 Å². The Kier molecular flexibility index (Phi) is 5.66. The zero-order chi connectivity index (χ0) is 19.4. The number of Topliss-reactive ketones (excluding diaryl/α,β-unsaturated/α-hetero) is 1. The van der Waals surface area contributed by atoms with Crippen molar-refractivity contribution in [1.29, 1.82) is 0 Å². The van der Waals surface area contributed by atoms with Crippen LogP contribution in [0.1, 0.15) is 16.9 Å². The van der Waals surface area contributed by atoms with Crippen LogP contribution in [0, 0.1) is 5.95 Å². The van der Waals surface area contributed by atoms with Gasteiger partial charge in [-0.05, 0) is 24.1 Å². The molecule has 2 aromatic heterocycles. The maximum Gasteiger partial charge on any atom is 0.225 e. The third kappa shape index (κ3) is 3.90. The molecule has 0 spiro atoms. The quantitative estimate of drug-likeness (QED) is 0.444. The van der Waals surface area contributed by atoms with Crippen LogP contribution in [0.15, 0.2) is 58.0 Å². The van der Waals surface area contributed by atoms with E-state index in [1.807, 2.05) is 17.6 Å². The normalized spacial score (nSPS) is 14.1. The molecule has 0 saturated carbocycles. The van der Waals surface area contributed by atoms with Crippen LogP contribution in [-0.2, 0) is 7.05 Å². The van der Waals surface area contributed by atoms with Crippen LogP contribution in [0.4, 0.5) is 10.3 Å². The molecule has 3 rings (SSSR count). The number of nitrogens with zero attached hydrogens (tertiary/aromatic N) is 4. The molecule has 138 valence electrons. The van der Waals surface area contributed by atoms with Gasteiger partial charge in [-0.2, -0.15) is 9.37 Å². The summed E-state index contributed by atoms with van der Waals surface area (Å²) < 4.78 is 15.4. The summed E-state index contributed by atoms with van der Waals surface area (Å²) in [4.78, 5) is 25.9. The van der Waals surface area contributed by atoms with Gasteiger partial charge in [0.25, 0.3) is 0 Å². The summed E-state index contributed by atoms with van der Waals surface area (Å²) in [5.74, 6) is -0.517. The van der Waals surface area contributed by atoms with Crippen molar-refractivity contribution >= 4 is 41.2 Å². The molecule has 8 heteroatoms. The number of allylic oxidation sites excluding steroid dienone is 3. The molecule has 0 radical (unpaired) electrons. The van der Waals surface area contributed by atoms with Crippen LogP contribution < -0.4 is 5.32 Å². The number of aliphatic imine (C=N–C) groups is 1. The van der Waals surface area contributed by atoms with E-state index < -0.39 is 5.95 Å². The molecule has 27 heavy (non-hydrogen) atoms. The SMILES string of the molecule is C=C/C(=C\N=C)CNc1nc(C(=O)C2=CCC=CS2)c2cc(F)n(C)c2n1. The third-order valence-corrected chi connectivity index (χ3v) is 4.90. The number of carbonyl (C=O) groups is 1. The van der Waals surface area contributed by atoms with Crippen molar-refractivity contribution in [1.82, 2.24) is 14.5 Å². The first-order valence-electron chi connectivity index (χ1n) is 8.15. The molecule has 0 aromatic carbocycles. The highest BCUT2D eigenvalue weighted by Gasteiger charge is 2.22. The van der Waals surface area contributed by atoms with Gasteiger partial charge in [-0.25, -0.2) is 4.98 Å². The van der Waals surface area contributed by atoms with Gasteiger partial charge >= 0.3 is 0 Å². The topological polar surface area (TPSA) is 72.2 Å². The van der Waals surface area contributed by atoms with Crippen molar-refractivity contribution < 1.29 is 9.18 Å². The molecule has 0 bridgehead atoms. The number of aryl methyl sites for hydroxylation is 1. The van der Waals surface area contributed by atoms with E-state index in [1.165, 1.54) is 22.4 Å². The highest BCUT2D eigenvalue weighted by atomic mass is 32.2. The number of thioether (sulfide) groups is 1. The van der Waals surface area contributed by atoms with E-state index >= 15 is 0 Å². The Hall–Kier alpha value is -3.00. The summed E-state index contributed by atoms with van der Waals surface area (Å²) in [5, 5.41) is 5.27. The third-order valence-electron chi connectivity index (χ3n) is 3.97. The summed E-state index contributed by atoms with van der Waals surface area (Å²) in [6, 6.07) is 1.28. The molecule has 0 amide bonds. The molecule has 2 aromatic rings. The largest absolute Gasteiger partial charge is 0.350 e. The van der Waals surface area contributed by atoms with Crippen LogP contribution in [0.25, 0.3) is 11.0 Å². The Morgan fingerprint density at radius 2 is 2.33 bits per heavy atom. The van der Waals surface area contributed by atoms with Gasteiger partial charge in [0.2, 0.25) is 11.7 Å². The van der Waals surface area contributed by atoms with Crippen LogP contribution in [0.2, 0.25) is 0 Å². The highest BCUT2D eigenvalue weighted by Crippen LogP contribution is 2.29. The van der Waals surface area contributed by atoms with E-state index in [0.29, 0.717) is 28.9 Å². The lowest BCUT2D eigenvalue weighted by molar-refractivity contribution is 0.104. The van der Waals surface area contributed by atoms with Gasteiger partial charge < -0.3 is 9.88 Å². The van der Waals surface area contributed by atoms with E-state index in [0.717, 1.165) is 5.57 Å². The number of aromatic nitrogens is 3. The Morgan fingerprint density at radius 3 is 3.00 bits per heavy atom. The van der Waals surface area contributed by atoms with Crippen molar-refractivity contribution in [3.63, 3.8) is 0 Å². The zero-order valence-corrected chi connectivity index (χ0v) is 15.6. The number of halogens is 1. The average molecular weight is 383 g/mol. The fourth-order valence-electron chi connectivity index (χ4n) is 2.55. The second-order valence-corrected chi connectivity index (χ2v) is 6.67. The number of nitrogens with one attached hydrogen (secondary N) is 1. The Bertz CT molecular complexity index is 1020. The van der Waals surface area contributed by atoms with E-state index in [9.17, 15) is 9.18 Å². The first kappa shape index (κ1) is 18.8. The van der Waals surface area contributed by atoms with Crippen molar-refractivity contribution in [2.45, 2.75) is 6.42 Å². The first-order chi connectivity index (χ1) is 13.0. The monoisotopic (exact) mass is 383 g/mol. The fraction of sp³-hybridized carbons (Fsp3) is 0.158. The molecule has 6 nitrogen and oxygen atoms in total. The molecule has 3 heterocycles. The minimum absolute atomic E-state index is 0.169. The standard InChI is InChI=1S/C19H18FN5OS/c1-4-12(10-21-2)11-22-19-23-16(17(26)14-7-5-6-8-27-14)13-9-15(20)25(3)18(13)24-19/h4,6-10H,1-2,5,11H2,3H3,(H,22,23,24)/b12-10+. The summed E-state index contributed by atoms with van der Waals surface area (Å²) in [6.45, 7) is 7.46. The van der Waals surface area contributed by atoms with Crippen LogP contribution >= 0.6 is 11.8 Å². The minimum atomic E-state index is -0.488. The molecule has 0 fully saturated rings. The van der Waals surface area contributed by atoms with Crippen molar-refractivity contribution in [2.24, 2.45) is 12.0 Å². The summed E-state index contributed by atoms with van der Waals surface area (Å²) in [7, 11) is 1.55. The molecule has 0 aliphatic carbocycles. The van der Waals surface area contributed by atoms with Crippen LogP contribution in [-0.4, -0.2) is 33.6 Å². The number of anilines is 1. The fourth-order valence-corrected chi connectivity index (χ4v) is 3.30. The van der Waals surface area contributed by atoms with Gasteiger partial charge in [-0.3, -0.25) is 9.79 Å². The van der Waals surface area contributed by atoms with Crippen LogP contribution in [0.3, 0.4) is 0 Å². The van der Waals surface area contributed by atoms with Gasteiger partial charge in [0, 0.05) is 25.9 Å². The minimum Gasteiger partial charge on any atom is -0.350 e. The summed E-state index contributed by atoms with van der Waals surface area (Å²) >= 11 is 1.33. The lowest BCUT2D eigenvalue weighted by atomic mass is 10.1. The second-order valence-electron chi connectivity index (χ2n) is 5.73. The molecule has 1 N–H and O–H groups in total. The summed E-state index contributed by atoms with van der Waals surface area (Å²) in [6.07, 6.45) is 7.66. The smallest absolute Gasteiger partial charge is 0.225 e. The second kappa shape index (κ2) is 8.13.